The SMILES string of the molecule is CCN1CCN(C(=O)COc2nn(C)c3ccccc23)CC1. The quantitative estimate of drug-likeness (QED) is 0.849. The molecule has 1 amide bonds. The number of fused-ring (bicyclic) bond motifs is 1. The lowest BCUT2D eigenvalue weighted by molar-refractivity contribution is -0.135. The Morgan fingerprint density at radius 3 is 2.68 bits per heavy atom. The Morgan fingerprint density at radius 2 is 1.95 bits per heavy atom. The van der Waals surface area contributed by atoms with Crippen molar-refractivity contribution in [2.45, 2.75) is 6.92 Å². The van der Waals surface area contributed by atoms with Crippen molar-refractivity contribution in [3.63, 3.8) is 0 Å². The zero-order valence-electron chi connectivity index (χ0n) is 13.2. The number of rotatable bonds is 4. The number of carbonyl (C=O) groups is 1. The molecule has 1 aromatic heterocycles. The Labute approximate surface area is 130 Å². The van der Waals surface area contributed by atoms with Gasteiger partial charge in [0.25, 0.3) is 5.91 Å². The summed E-state index contributed by atoms with van der Waals surface area (Å²) in [6.07, 6.45) is 0. The first-order valence-electron chi connectivity index (χ1n) is 7.73. The third-order valence-electron chi connectivity index (χ3n) is 4.23. The Bertz CT molecular complexity index is 659. The average Bonchev–Trinajstić information content (AvgIpc) is 2.89. The summed E-state index contributed by atoms with van der Waals surface area (Å²) in [5.41, 5.74) is 1.00. The van der Waals surface area contributed by atoms with Gasteiger partial charge in [-0.05, 0) is 18.7 Å². The van der Waals surface area contributed by atoms with Crippen LogP contribution in [0.15, 0.2) is 24.3 Å². The normalized spacial score (nSPS) is 16.2. The van der Waals surface area contributed by atoms with Crippen LogP contribution < -0.4 is 4.74 Å². The number of benzene rings is 1. The molecule has 0 aliphatic carbocycles. The van der Waals surface area contributed by atoms with E-state index in [1.54, 1.807) is 4.68 Å². The molecular weight excluding hydrogens is 280 g/mol. The van der Waals surface area contributed by atoms with Crippen LogP contribution in [0.3, 0.4) is 0 Å². The summed E-state index contributed by atoms with van der Waals surface area (Å²) in [5, 5.41) is 5.29. The van der Waals surface area contributed by atoms with Gasteiger partial charge in [-0.15, -0.1) is 5.10 Å². The molecule has 0 atom stereocenters. The van der Waals surface area contributed by atoms with Crippen molar-refractivity contribution in [2.24, 2.45) is 7.05 Å². The largest absolute Gasteiger partial charge is 0.466 e. The van der Waals surface area contributed by atoms with Gasteiger partial charge >= 0.3 is 0 Å². The molecule has 1 saturated heterocycles. The highest BCUT2D eigenvalue weighted by atomic mass is 16.5. The first kappa shape index (κ1) is 14.8. The molecule has 0 N–H and O–H groups in total. The van der Waals surface area contributed by atoms with Gasteiger partial charge in [0.15, 0.2) is 6.61 Å². The fourth-order valence-electron chi connectivity index (χ4n) is 2.82. The molecular formula is C16H22N4O2. The topological polar surface area (TPSA) is 50.6 Å². The van der Waals surface area contributed by atoms with Crippen LogP contribution in [-0.4, -0.2) is 64.8 Å². The minimum Gasteiger partial charge on any atom is -0.466 e. The number of amides is 1. The number of hydrogen-bond donors (Lipinski definition) is 0. The van der Waals surface area contributed by atoms with Crippen molar-refractivity contribution in [1.29, 1.82) is 0 Å². The number of para-hydroxylation sites is 1. The Kier molecular flexibility index (Phi) is 4.29. The van der Waals surface area contributed by atoms with Crippen LogP contribution in [0.25, 0.3) is 10.9 Å². The second kappa shape index (κ2) is 6.36. The van der Waals surface area contributed by atoms with Crippen molar-refractivity contribution in [3.8, 4) is 5.88 Å². The smallest absolute Gasteiger partial charge is 0.260 e. The highest BCUT2D eigenvalue weighted by Crippen LogP contribution is 2.23. The lowest BCUT2D eigenvalue weighted by atomic mass is 10.2. The number of aromatic nitrogens is 2. The molecule has 3 rings (SSSR count). The molecule has 6 heteroatoms. The van der Waals surface area contributed by atoms with Crippen molar-refractivity contribution in [3.05, 3.63) is 24.3 Å². The summed E-state index contributed by atoms with van der Waals surface area (Å²) in [5.74, 6) is 0.559. The van der Waals surface area contributed by atoms with Gasteiger partial charge in [-0.25, -0.2) is 0 Å². The third kappa shape index (κ3) is 2.92. The van der Waals surface area contributed by atoms with Crippen LogP contribution in [0.2, 0.25) is 0 Å². The first-order valence-corrected chi connectivity index (χ1v) is 7.73. The average molecular weight is 302 g/mol. The predicted molar refractivity (Wildman–Crippen MR) is 84.9 cm³/mol. The van der Waals surface area contributed by atoms with Gasteiger partial charge in [0.2, 0.25) is 5.88 Å². The van der Waals surface area contributed by atoms with Gasteiger partial charge < -0.3 is 14.5 Å². The van der Waals surface area contributed by atoms with Gasteiger partial charge in [0.05, 0.1) is 10.9 Å². The second-order valence-corrected chi connectivity index (χ2v) is 5.55. The molecule has 0 saturated carbocycles. The number of piperazine rings is 1. The van der Waals surface area contributed by atoms with E-state index in [0.29, 0.717) is 5.88 Å². The maximum Gasteiger partial charge on any atom is 0.260 e. The molecule has 0 spiro atoms. The van der Waals surface area contributed by atoms with E-state index in [9.17, 15) is 4.79 Å². The van der Waals surface area contributed by atoms with Gasteiger partial charge in [-0.2, -0.15) is 0 Å². The molecule has 6 nitrogen and oxygen atoms in total. The fraction of sp³-hybridized carbons (Fsp3) is 0.500. The van der Waals surface area contributed by atoms with Gasteiger partial charge in [-0.3, -0.25) is 9.48 Å². The van der Waals surface area contributed by atoms with Crippen LogP contribution in [-0.2, 0) is 11.8 Å². The lowest BCUT2D eigenvalue weighted by Gasteiger charge is -2.33. The molecule has 0 radical (unpaired) electrons. The summed E-state index contributed by atoms with van der Waals surface area (Å²) in [6, 6.07) is 7.86. The Balaban J connectivity index is 1.61. The van der Waals surface area contributed by atoms with Crippen molar-refractivity contribution in [1.82, 2.24) is 19.6 Å². The van der Waals surface area contributed by atoms with E-state index in [4.69, 9.17) is 4.74 Å². The summed E-state index contributed by atoms with van der Waals surface area (Å²) in [6.45, 7) is 6.67. The summed E-state index contributed by atoms with van der Waals surface area (Å²) >= 11 is 0. The Morgan fingerprint density at radius 1 is 1.23 bits per heavy atom. The molecule has 0 unspecified atom stereocenters. The molecule has 0 bridgehead atoms. The zero-order valence-corrected chi connectivity index (χ0v) is 13.2. The monoisotopic (exact) mass is 302 g/mol. The zero-order chi connectivity index (χ0) is 15.5. The van der Waals surface area contributed by atoms with E-state index >= 15 is 0 Å². The third-order valence-corrected chi connectivity index (χ3v) is 4.23. The molecule has 22 heavy (non-hydrogen) atoms. The van der Waals surface area contributed by atoms with E-state index in [2.05, 4.69) is 16.9 Å². The van der Waals surface area contributed by atoms with E-state index < -0.39 is 0 Å². The molecule has 1 aromatic carbocycles. The van der Waals surface area contributed by atoms with Crippen LogP contribution in [0.1, 0.15) is 6.92 Å². The van der Waals surface area contributed by atoms with Gasteiger partial charge in [0, 0.05) is 33.2 Å². The first-order chi connectivity index (χ1) is 10.7. The highest BCUT2D eigenvalue weighted by Gasteiger charge is 2.21. The van der Waals surface area contributed by atoms with Crippen LogP contribution in [0.4, 0.5) is 0 Å². The summed E-state index contributed by atoms with van der Waals surface area (Å²) in [4.78, 5) is 16.5. The molecule has 1 fully saturated rings. The van der Waals surface area contributed by atoms with E-state index in [-0.39, 0.29) is 12.5 Å². The number of aryl methyl sites for hydroxylation is 1. The summed E-state index contributed by atoms with van der Waals surface area (Å²) < 4.78 is 7.44. The summed E-state index contributed by atoms with van der Waals surface area (Å²) in [7, 11) is 1.88. The van der Waals surface area contributed by atoms with Crippen LogP contribution in [0, 0.1) is 0 Å². The van der Waals surface area contributed by atoms with Gasteiger partial charge in [0.1, 0.15) is 0 Å². The maximum absolute atomic E-state index is 12.3. The van der Waals surface area contributed by atoms with E-state index in [1.807, 2.05) is 36.2 Å². The molecule has 2 heterocycles. The standard InChI is InChI=1S/C16H22N4O2/c1-3-19-8-10-20(11-9-19)15(21)12-22-16-13-6-4-5-7-14(13)18(2)17-16/h4-7H,3,8-12H2,1-2H3. The number of carbonyl (C=O) groups excluding carboxylic acids is 1. The molecule has 2 aromatic rings. The van der Waals surface area contributed by atoms with Crippen molar-refractivity contribution in [2.75, 3.05) is 39.3 Å². The molecule has 118 valence electrons. The van der Waals surface area contributed by atoms with Crippen molar-refractivity contribution >= 4 is 16.8 Å². The minimum atomic E-state index is 0.0329. The van der Waals surface area contributed by atoms with E-state index in [1.165, 1.54) is 0 Å². The predicted octanol–water partition coefficient (Wildman–Crippen LogP) is 1.12. The Hall–Kier alpha value is -2.08. The van der Waals surface area contributed by atoms with Crippen LogP contribution in [0.5, 0.6) is 5.88 Å². The number of likely N-dealkylation sites (N-methyl/N-ethyl adjacent to an activating group) is 1. The second-order valence-electron chi connectivity index (χ2n) is 5.55. The van der Waals surface area contributed by atoms with Crippen LogP contribution >= 0.6 is 0 Å². The molecule has 1 aliphatic heterocycles. The number of ether oxygens (including phenoxy) is 1. The highest BCUT2D eigenvalue weighted by molar-refractivity contribution is 5.85. The fourth-order valence-corrected chi connectivity index (χ4v) is 2.82. The minimum absolute atomic E-state index is 0.0329. The van der Waals surface area contributed by atoms with E-state index in [0.717, 1.165) is 43.6 Å². The lowest BCUT2D eigenvalue weighted by Crippen LogP contribution is -2.49. The number of nitrogens with zero attached hydrogens (tertiary/aromatic N) is 4. The molecule has 1 aliphatic rings. The number of hydrogen-bond acceptors (Lipinski definition) is 4. The van der Waals surface area contributed by atoms with Gasteiger partial charge in [-0.1, -0.05) is 19.1 Å². The van der Waals surface area contributed by atoms with Crippen molar-refractivity contribution < 1.29 is 9.53 Å². The maximum atomic E-state index is 12.3.